The van der Waals surface area contributed by atoms with Crippen LogP contribution in [0.5, 0.6) is 0 Å². The summed E-state index contributed by atoms with van der Waals surface area (Å²) in [6.07, 6.45) is 0. The number of fused-ring (bicyclic) bond motifs is 19. The molecule has 11 aromatic carbocycles. The minimum Gasteiger partial charge on any atom is -0.455 e. The Labute approximate surface area is 493 Å². The third-order valence-electron chi connectivity index (χ3n) is 21.0. The molecule has 0 spiro atoms. The standard InChI is InChI=1S/C81H66N2O/c1-77(2)62-26-16-11-21-52(62)56-36-31-47(41-66(56)77)82(48-32-37-57-53-22-12-17-27-63(53)78(3,4)67(57)42-48)49-35-40-60-70(43-49)81(9,10)71-46-72(75-61-25-15-20-30-73(61)84-76(75)74(60)71)83(50-33-38-58-54-23-13-18-28-64(54)79(5,6)68(58)44-50)51-34-39-59-55-24-14-19-29-65(55)80(7,8)69(59)45-51/h11-46H,1-10H3. The van der Waals surface area contributed by atoms with Crippen LogP contribution in [0.1, 0.15) is 125 Å². The highest BCUT2D eigenvalue weighted by Gasteiger charge is 2.44. The van der Waals surface area contributed by atoms with Crippen LogP contribution in [-0.4, -0.2) is 0 Å². The SMILES string of the molecule is CC1(C)c2ccccc2-c2ccc(N(c3ccc4c(c3)C(C)(C)c3ccccc3-4)c3ccc4c(c3)C(C)(C)c3cc(N(c5ccc6c(c5)C(C)(C)c5ccccc5-6)c5ccc6c(c5)C(C)(C)c5ccccc5-6)c5c(oc6ccccc65)c3-4)cc21. The van der Waals surface area contributed by atoms with Gasteiger partial charge in [0.2, 0.25) is 0 Å². The molecular weight excluding hydrogens is 1020 g/mol. The Morgan fingerprint density at radius 3 is 0.952 bits per heavy atom. The number of furan rings is 1. The van der Waals surface area contributed by atoms with Crippen molar-refractivity contribution in [3.05, 3.63) is 274 Å². The number of hydrogen-bond donors (Lipinski definition) is 0. The predicted octanol–water partition coefficient (Wildman–Crippen LogP) is 22.1. The Hall–Kier alpha value is -9.18. The van der Waals surface area contributed by atoms with Crippen molar-refractivity contribution in [1.82, 2.24) is 0 Å². The zero-order chi connectivity index (χ0) is 57.1. The molecular formula is C81H66N2O. The average molecular weight is 1080 g/mol. The molecule has 3 heteroatoms. The number of hydrogen-bond acceptors (Lipinski definition) is 3. The van der Waals surface area contributed by atoms with E-state index in [9.17, 15) is 0 Å². The summed E-state index contributed by atoms with van der Waals surface area (Å²) < 4.78 is 7.36. The first-order valence-electron chi connectivity index (χ1n) is 30.2. The summed E-state index contributed by atoms with van der Waals surface area (Å²) in [6.45, 7) is 24.0. The van der Waals surface area contributed by atoms with Gasteiger partial charge < -0.3 is 14.2 Å². The first-order chi connectivity index (χ1) is 40.4. The normalized spacial score (nSPS) is 16.5. The first-order valence-corrected chi connectivity index (χ1v) is 30.2. The maximum atomic E-state index is 7.36. The molecule has 1 aromatic heterocycles. The van der Waals surface area contributed by atoms with E-state index in [0.29, 0.717) is 0 Å². The van der Waals surface area contributed by atoms with Crippen molar-refractivity contribution in [3.8, 4) is 55.6 Å². The summed E-state index contributed by atoms with van der Waals surface area (Å²) in [6, 6.07) is 83.3. The summed E-state index contributed by atoms with van der Waals surface area (Å²) >= 11 is 0. The molecule has 0 fully saturated rings. The Morgan fingerprint density at radius 1 is 0.262 bits per heavy atom. The van der Waals surface area contributed by atoms with Gasteiger partial charge in [0, 0.05) is 66.5 Å². The lowest BCUT2D eigenvalue weighted by Gasteiger charge is -2.32. The molecule has 0 aliphatic heterocycles. The van der Waals surface area contributed by atoms with Gasteiger partial charge in [-0.05, 0) is 179 Å². The lowest BCUT2D eigenvalue weighted by atomic mass is 9.81. The van der Waals surface area contributed by atoms with Crippen LogP contribution in [0, 0.1) is 0 Å². The number of rotatable bonds is 6. The summed E-state index contributed by atoms with van der Waals surface area (Å²) in [5.74, 6) is 0. The van der Waals surface area contributed by atoms with Crippen molar-refractivity contribution in [2.75, 3.05) is 9.80 Å². The summed E-state index contributed by atoms with van der Waals surface area (Å²) in [4.78, 5) is 5.10. The molecule has 0 radical (unpaired) electrons. The van der Waals surface area contributed by atoms with Crippen molar-refractivity contribution in [1.29, 1.82) is 0 Å². The van der Waals surface area contributed by atoms with Gasteiger partial charge in [0.25, 0.3) is 0 Å². The zero-order valence-electron chi connectivity index (χ0n) is 49.6. The molecule has 84 heavy (non-hydrogen) atoms. The van der Waals surface area contributed by atoms with Crippen molar-refractivity contribution in [3.63, 3.8) is 0 Å². The van der Waals surface area contributed by atoms with E-state index in [-0.39, 0.29) is 21.7 Å². The van der Waals surface area contributed by atoms with Crippen LogP contribution in [0.15, 0.2) is 223 Å². The Morgan fingerprint density at radius 2 is 0.560 bits per heavy atom. The molecule has 406 valence electrons. The van der Waals surface area contributed by atoms with Crippen LogP contribution < -0.4 is 9.80 Å². The van der Waals surface area contributed by atoms with Crippen molar-refractivity contribution in [2.24, 2.45) is 0 Å². The second kappa shape index (κ2) is 16.5. The lowest BCUT2D eigenvalue weighted by molar-refractivity contribution is 0.653. The molecule has 1 heterocycles. The molecule has 0 saturated carbocycles. The molecule has 3 nitrogen and oxygen atoms in total. The van der Waals surface area contributed by atoms with Crippen LogP contribution in [-0.2, 0) is 27.1 Å². The highest BCUT2D eigenvalue weighted by atomic mass is 16.3. The maximum absolute atomic E-state index is 7.36. The highest BCUT2D eigenvalue weighted by molar-refractivity contribution is 6.19. The molecule has 0 N–H and O–H groups in total. The number of nitrogens with zero attached hydrogens (tertiary/aromatic N) is 2. The largest absolute Gasteiger partial charge is 0.455 e. The van der Waals surface area contributed by atoms with E-state index < -0.39 is 5.41 Å². The van der Waals surface area contributed by atoms with Gasteiger partial charge in [0.15, 0.2) is 0 Å². The van der Waals surface area contributed by atoms with E-state index in [4.69, 9.17) is 4.42 Å². The van der Waals surface area contributed by atoms with Crippen molar-refractivity contribution >= 4 is 56.1 Å². The lowest BCUT2D eigenvalue weighted by Crippen LogP contribution is -2.20. The smallest absolute Gasteiger partial charge is 0.145 e. The fourth-order valence-electron chi connectivity index (χ4n) is 16.6. The number of para-hydroxylation sites is 1. The van der Waals surface area contributed by atoms with E-state index in [1.807, 2.05) is 0 Å². The fraction of sp³-hybridized carbons (Fsp3) is 0.185. The van der Waals surface area contributed by atoms with Crippen LogP contribution in [0.4, 0.5) is 34.1 Å². The first kappa shape index (κ1) is 49.4. The average Bonchev–Trinajstić information content (AvgIpc) is 1.60. The third kappa shape index (κ3) is 6.37. The molecule has 0 saturated heterocycles. The van der Waals surface area contributed by atoms with Crippen LogP contribution >= 0.6 is 0 Å². The van der Waals surface area contributed by atoms with E-state index in [2.05, 4.69) is 297 Å². The molecule has 0 amide bonds. The maximum Gasteiger partial charge on any atom is 0.145 e. The molecule has 0 atom stereocenters. The molecule has 17 rings (SSSR count). The number of anilines is 6. The van der Waals surface area contributed by atoms with Gasteiger partial charge in [0.05, 0.1) is 11.1 Å². The topological polar surface area (TPSA) is 19.6 Å². The predicted molar refractivity (Wildman–Crippen MR) is 351 cm³/mol. The monoisotopic (exact) mass is 1080 g/mol. The van der Waals surface area contributed by atoms with E-state index in [0.717, 1.165) is 56.1 Å². The van der Waals surface area contributed by atoms with Gasteiger partial charge in [-0.25, -0.2) is 0 Å². The van der Waals surface area contributed by atoms with Crippen LogP contribution in [0.2, 0.25) is 0 Å². The van der Waals surface area contributed by atoms with E-state index >= 15 is 0 Å². The van der Waals surface area contributed by atoms with Crippen LogP contribution in [0.25, 0.3) is 77.6 Å². The second-order valence-corrected chi connectivity index (χ2v) is 27.2. The quantitative estimate of drug-likeness (QED) is 0.165. The summed E-state index contributed by atoms with van der Waals surface area (Å²) in [7, 11) is 0. The zero-order valence-corrected chi connectivity index (χ0v) is 49.6. The molecule has 0 bridgehead atoms. The van der Waals surface area contributed by atoms with Crippen molar-refractivity contribution in [2.45, 2.75) is 96.3 Å². The summed E-state index contributed by atoms with van der Waals surface area (Å²) in [5.41, 5.74) is 33.8. The number of benzene rings is 11. The van der Waals surface area contributed by atoms with Gasteiger partial charge in [-0.3, -0.25) is 0 Å². The van der Waals surface area contributed by atoms with Gasteiger partial charge in [-0.2, -0.15) is 0 Å². The van der Waals surface area contributed by atoms with Gasteiger partial charge >= 0.3 is 0 Å². The van der Waals surface area contributed by atoms with E-state index in [1.54, 1.807) is 0 Å². The summed E-state index contributed by atoms with van der Waals surface area (Å²) in [5, 5.41) is 2.23. The fourth-order valence-corrected chi connectivity index (χ4v) is 16.6. The molecule has 5 aliphatic carbocycles. The minimum atomic E-state index is -0.438. The third-order valence-corrected chi connectivity index (χ3v) is 21.0. The Kier molecular flexibility index (Phi) is 9.74. The van der Waals surface area contributed by atoms with Gasteiger partial charge in [0.1, 0.15) is 11.2 Å². The highest BCUT2D eigenvalue weighted by Crippen LogP contribution is 2.61. The van der Waals surface area contributed by atoms with Gasteiger partial charge in [-0.1, -0.05) is 215 Å². The molecule has 0 unspecified atom stereocenters. The molecule has 5 aliphatic rings. The van der Waals surface area contributed by atoms with Crippen LogP contribution in [0.3, 0.4) is 0 Å². The Balaban J connectivity index is 0.882. The Bertz CT molecular complexity index is 4690. The second-order valence-electron chi connectivity index (χ2n) is 27.2. The van der Waals surface area contributed by atoms with Gasteiger partial charge in [-0.15, -0.1) is 0 Å². The van der Waals surface area contributed by atoms with Crippen molar-refractivity contribution < 1.29 is 4.42 Å². The molecule has 12 aromatic rings. The minimum absolute atomic E-state index is 0.164. The van der Waals surface area contributed by atoms with E-state index in [1.165, 1.54) is 111 Å².